The third-order valence-corrected chi connectivity index (χ3v) is 7.80. The quantitative estimate of drug-likeness (QED) is 0.233. The number of aromatic amines is 1. The van der Waals surface area contributed by atoms with Crippen molar-refractivity contribution in [2.45, 2.75) is 65.7 Å². The standard InChI is InChI=1S/C30H33ClN6O2/c1-6-30(4,5)37-28(33-34-35-37)27(24-16-22-15-19(2)14-20(3)26(22)32-29(24)38)36(18-23-11-9-13-39-23)17-21-10-7-8-12-25(21)31/h7-16,27H,6,17-18H2,1-5H3,(H,32,38)/t27-/m1/s1. The zero-order valence-corrected chi connectivity index (χ0v) is 23.7. The van der Waals surface area contributed by atoms with Gasteiger partial charge in [-0.05, 0) is 91.4 Å². The van der Waals surface area contributed by atoms with Gasteiger partial charge in [-0.25, -0.2) is 4.68 Å². The minimum absolute atomic E-state index is 0.188. The molecular formula is C30H33ClN6O2. The Morgan fingerprint density at radius 3 is 2.62 bits per heavy atom. The number of tetrazole rings is 1. The van der Waals surface area contributed by atoms with E-state index in [0.717, 1.165) is 39.8 Å². The highest BCUT2D eigenvalue weighted by Gasteiger charge is 2.35. The molecule has 202 valence electrons. The molecule has 3 heterocycles. The molecule has 0 fully saturated rings. The first-order valence-electron chi connectivity index (χ1n) is 13.1. The van der Waals surface area contributed by atoms with Gasteiger partial charge in [0, 0.05) is 17.1 Å². The Morgan fingerprint density at radius 1 is 1.10 bits per heavy atom. The van der Waals surface area contributed by atoms with Crippen molar-refractivity contribution < 1.29 is 4.42 Å². The summed E-state index contributed by atoms with van der Waals surface area (Å²) in [5, 5.41) is 14.6. The molecule has 2 aromatic carbocycles. The molecule has 5 aromatic rings. The molecular weight excluding hydrogens is 512 g/mol. The number of aryl methyl sites for hydroxylation is 2. The van der Waals surface area contributed by atoms with Gasteiger partial charge in [0.1, 0.15) is 11.8 Å². The number of hydrogen-bond acceptors (Lipinski definition) is 6. The number of halogens is 1. The first-order chi connectivity index (χ1) is 18.7. The summed E-state index contributed by atoms with van der Waals surface area (Å²) in [6.07, 6.45) is 2.45. The summed E-state index contributed by atoms with van der Waals surface area (Å²) in [6, 6.07) is 17.0. The number of nitrogens with one attached hydrogen (secondary N) is 1. The number of nitrogens with zero attached hydrogens (tertiary/aromatic N) is 5. The van der Waals surface area contributed by atoms with Gasteiger partial charge in [0.25, 0.3) is 5.56 Å². The Bertz CT molecular complexity index is 1650. The molecule has 0 unspecified atom stereocenters. The Morgan fingerprint density at radius 2 is 1.90 bits per heavy atom. The average Bonchev–Trinajstić information content (AvgIpc) is 3.59. The topological polar surface area (TPSA) is 92.8 Å². The Labute approximate surface area is 232 Å². The van der Waals surface area contributed by atoms with Crippen LogP contribution in [-0.2, 0) is 18.6 Å². The fourth-order valence-electron chi connectivity index (χ4n) is 5.04. The van der Waals surface area contributed by atoms with Crippen LogP contribution in [0, 0.1) is 13.8 Å². The highest BCUT2D eigenvalue weighted by Crippen LogP contribution is 2.34. The molecule has 0 radical (unpaired) electrons. The summed E-state index contributed by atoms with van der Waals surface area (Å²) in [6.45, 7) is 11.2. The summed E-state index contributed by atoms with van der Waals surface area (Å²) in [5.41, 5.74) is 3.87. The first kappa shape index (κ1) is 26.8. The number of benzene rings is 2. The number of rotatable bonds is 9. The van der Waals surface area contributed by atoms with Crippen molar-refractivity contribution in [3.63, 3.8) is 0 Å². The molecule has 0 saturated heterocycles. The van der Waals surface area contributed by atoms with Crippen molar-refractivity contribution >= 4 is 22.5 Å². The van der Waals surface area contributed by atoms with Crippen LogP contribution in [0.1, 0.15) is 67.1 Å². The molecule has 0 aliphatic rings. The van der Waals surface area contributed by atoms with Crippen LogP contribution in [0.4, 0.5) is 0 Å². The number of H-pyrrole nitrogens is 1. The Kier molecular flexibility index (Phi) is 7.42. The van der Waals surface area contributed by atoms with Crippen molar-refractivity contribution in [2.24, 2.45) is 0 Å². The van der Waals surface area contributed by atoms with E-state index >= 15 is 0 Å². The van der Waals surface area contributed by atoms with Crippen molar-refractivity contribution in [2.75, 3.05) is 0 Å². The summed E-state index contributed by atoms with van der Waals surface area (Å²) < 4.78 is 7.60. The summed E-state index contributed by atoms with van der Waals surface area (Å²) in [4.78, 5) is 19.1. The SMILES string of the molecule is CCC(C)(C)n1nnnc1[C@@H](c1cc2cc(C)cc(C)c2[nH]c1=O)N(Cc1ccco1)Cc1ccccc1Cl. The average molecular weight is 545 g/mol. The van der Waals surface area contributed by atoms with Crippen LogP contribution in [0.15, 0.2) is 70.1 Å². The summed E-state index contributed by atoms with van der Waals surface area (Å²) in [5.74, 6) is 1.33. The minimum Gasteiger partial charge on any atom is -0.468 e. The second-order valence-electron chi connectivity index (χ2n) is 10.7. The highest BCUT2D eigenvalue weighted by atomic mass is 35.5. The maximum Gasteiger partial charge on any atom is 0.253 e. The van der Waals surface area contributed by atoms with Crippen molar-refractivity contribution in [1.29, 1.82) is 0 Å². The van der Waals surface area contributed by atoms with Crippen LogP contribution in [0.2, 0.25) is 5.02 Å². The van der Waals surface area contributed by atoms with Crippen LogP contribution in [0.3, 0.4) is 0 Å². The van der Waals surface area contributed by atoms with Crippen molar-refractivity contribution in [1.82, 2.24) is 30.1 Å². The van der Waals surface area contributed by atoms with Gasteiger partial charge in [0.15, 0.2) is 5.82 Å². The summed E-state index contributed by atoms with van der Waals surface area (Å²) in [7, 11) is 0. The lowest BCUT2D eigenvalue weighted by molar-refractivity contribution is 0.168. The molecule has 0 aliphatic carbocycles. The third-order valence-electron chi connectivity index (χ3n) is 7.43. The number of fused-ring (bicyclic) bond motifs is 1. The van der Waals surface area contributed by atoms with Gasteiger partial charge < -0.3 is 9.40 Å². The van der Waals surface area contributed by atoms with Gasteiger partial charge in [0.05, 0.1) is 23.9 Å². The van der Waals surface area contributed by atoms with Crippen LogP contribution in [0.25, 0.3) is 10.9 Å². The van der Waals surface area contributed by atoms with Crippen LogP contribution in [-0.4, -0.2) is 30.1 Å². The molecule has 0 aliphatic heterocycles. The summed E-state index contributed by atoms with van der Waals surface area (Å²) >= 11 is 6.63. The first-order valence-corrected chi connectivity index (χ1v) is 13.5. The highest BCUT2D eigenvalue weighted by molar-refractivity contribution is 6.31. The van der Waals surface area contributed by atoms with E-state index in [-0.39, 0.29) is 11.1 Å². The van der Waals surface area contributed by atoms with Crippen LogP contribution >= 0.6 is 11.6 Å². The number of hydrogen-bond donors (Lipinski definition) is 1. The third kappa shape index (κ3) is 5.40. The molecule has 5 rings (SSSR count). The van der Waals surface area contributed by atoms with E-state index in [0.29, 0.717) is 29.5 Å². The van der Waals surface area contributed by atoms with Gasteiger partial charge in [-0.2, -0.15) is 0 Å². The molecule has 0 amide bonds. The lowest BCUT2D eigenvalue weighted by Crippen LogP contribution is -2.38. The smallest absolute Gasteiger partial charge is 0.253 e. The van der Waals surface area contributed by atoms with Gasteiger partial charge in [-0.3, -0.25) is 9.69 Å². The number of pyridine rings is 1. The number of aromatic nitrogens is 5. The minimum atomic E-state index is -0.596. The molecule has 0 saturated carbocycles. The van der Waals surface area contributed by atoms with Gasteiger partial charge >= 0.3 is 0 Å². The molecule has 1 N–H and O–H groups in total. The molecule has 3 aromatic heterocycles. The van der Waals surface area contributed by atoms with Gasteiger partial charge in [-0.1, -0.05) is 48.4 Å². The van der Waals surface area contributed by atoms with E-state index in [2.05, 4.69) is 65.2 Å². The predicted molar refractivity (Wildman–Crippen MR) is 153 cm³/mol. The maximum atomic E-state index is 13.9. The number of furan rings is 1. The zero-order valence-electron chi connectivity index (χ0n) is 22.9. The zero-order chi connectivity index (χ0) is 27.7. The molecule has 0 spiro atoms. The second kappa shape index (κ2) is 10.8. The van der Waals surface area contributed by atoms with E-state index in [1.54, 1.807) is 6.26 Å². The predicted octanol–water partition coefficient (Wildman–Crippen LogP) is 6.31. The van der Waals surface area contributed by atoms with E-state index in [1.165, 1.54) is 0 Å². The Balaban J connectivity index is 1.76. The van der Waals surface area contributed by atoms with E-state index < -0.39 is 6.04 Å². The maximum absolute atomic E-state index is 13.9. The lowest BCUT2D eigenvalue weighted by Gasteiger charge is -2.33. The fraction of sp³-hybridized carbons (Fsp3) is 0.333. The monoisotopic (exact) mass is 544 g/mol. The van der Waals surface area contributed by atoms with Crippen molar-refractivity contribution in [3.05, 3.63) is 110 Å². The molecule has 0 bridgehead atoms. The van der Waals surface area contributed by atoms with Gasteiger partial charge in [-0.15, -0.1) is 5.10 Å². The lowest BCUT2D eigenvalue weighted by atomic mass is 9.98. The normalized spacial score (nSPS) is 12.9. The van der Waals surface area contributed by atoms with Crippen LogP contribution < -0.4 is 5.56 Å². The van der Waals surface area contributed by atoms with E-state index in [9.17, 15) is 4.79 Å². The molecule has 9 heteroatoms. The van der Waals surface area contributed by atoms with Gasteiger partial charge in [0.2, 0.25) is 0 Å². The molecule has 39 heavy (non-hydrogen) atoms. The van der Waals surface area contributed by atoms with Crippen LogP contribution in [0.5, 0.6) is 0 Å². The van der Waals surface area contributed by atoms with E-state index in [4.69, 9.17) is 16.0 Å². The second-order valence-corrected chi connectivity index (χ2v) is 11.1. The largest absolute Gasteiger partial charge is 0.468 e. The Hall–Kier alpha value is -3.75. The fourth-order valence-corrected chi connectivity index (χ4v) is 5.23. The van der Waals surface area contributed by atoms with E-state index in [1.807, 2.05) is 54.1 Å². The molecule has 1 atom stereocenters. The molecule has 8 nitrogen and oxygen atoms in total. The van der Waals surface area contributed by atoms with Crippen molar-refractivity contribution in [3.8, 4) is 0 Å².